The van der Waals surface area contributed by atoms with Gasteiger partial charge in [-0.2, -0.15) is 0 Å². The molecule has 3 aromatic carbocycles. The van der Waals surface area contributed by atoms with E-state index in [4.69, 9.17) is 10.5 Å². The molecule has 0 aliphatic rings. The number of Topliss-reactive ketones (excluding diaryl/α,β-unsaturated/α-hetero) is 1. The minimum Gasteiger partial charge on any atom is -0.503 e. The van der Waals surface area contributed by atoms with E-state index < -0.39 is 11.8 Å². The predicted molar refractivity (Wildman–Crippen MR) is 308 cm³/mol. The number of aromatic nitrogens is 6. The van der Waals surface area contributed by atoms with Crippen molar-refractivity contribution in [2.24, 2.45) is 0 Å². The van der Waals surface area contributed by atoms with Crippen molar-refractivity contribution in [1.29, 1.82) is 0 Å². The zero-order valence-corrected chi connectivity index (χ0v) is 47.0. The smallest absolute Gasteiger partial charge is 0.345 e. The summed E-state index contributed by atoms with van der Waals surface area (Å²) >= 11 is 3.40. The molecule has 0 radical (unpaired) electrons. The van der Waals surface area contributed by atoms with Crippen LogP contribution in [0, 0.1) is 62.3 Å². The van der Waals surface area contributed by atoms with Gasteiger partial charge in [-0.05, 0) is 177 Å². The number of ketones is 3. The summed E-state index contributed by atoms with van der Waals surface area (Å²) in [6.07, 6.45) is 10.8. The molecule has 6 aromatic heterocycles. The normalized spacial score (nSPS) is 10.8. The standard InChI is InChI=1S/C24H20BrN3O2.C18H16N2O2.C14H16O4.C6H8N2/c1-14-7-8-17(11-16(14)3)23(29)19-13-28(12-18-5-4-6-20(25)27-18)22-15(2)9-10-26-21(22)24(19)30;1-10-4-5-13(8-12(10)3)17(21)14-9-20-15-11(2)6-7-19-16(15)18(14)22;1-9-5-6-11(7-10(9)2)13(15)12(8-17-3)14(16)18-4;1-5-2-3-8-4-6(5)7/h4-11,13H,12H2,1-3H3;4-9H,1-3H3,(H,20,22);5-8H,1-4H3;2-4H,7H2,1H3. The fourth-order valence-electron chi connectivity index (χ4n) is 7.92. The maximum Gasteiger partial charge on any atom is 0.345 e. The number of rotatable bonds is 10. The number of anilines is 1. The number of hydrogen-bond donors (Lipinski definition) is 2. The van der Waals surface area contributed by atoms with Crippen LogP contribution >= 0.6 is 15.9 Å². The van der Waals surface area contributed by atoms with Crippen molar-refractivity contribution < 1.29 is 28.7 Å². The molecule has 0 saturated heterocycles. The summed E-state index contributed by atoms with van der Waals surface area (Å²) in [6, 6.07) is 27.4. The first kappa shape index (κ1) is 58.2. The number of nitrogens with two attached hydrogens (primary N) is 1. The largest absolute Gasteiger partial charge is 0.503 e. The summed E-state index contributed by atoms with van der Waals surface area (Å²) in [5, 5.41) is 0. The number of ether oxygens (including phenoxy) is 2. The number of esters is 1. The number of carbonyl (C=O) groups is 4. The molecule has 3 N–H and O–H groups in total. The van der Waals surface area contributed by atoms with Crippen molar-refractivity contribution in [3.8, 4) is 0 Å². The van der Waals surface area contributed by atoms with E-state index in [9.17, 15) is 28.8 Å². The van der Waals surface area contributed by atoms with Crippen LogP contribution in [0.2, 0.25) is 0 Å². The molecule has 78 heavy (non-hydrogen) atoms. The number of nitrogen functional groups attached to an aromatic ring is 1. The van der Waals surface area contributed by atoms with Gasteiger partial charge in [0.1, 0.15) is 27.5 Å². The molecule has 0 atom stereocenters. The van der Waals surface area contributed by atoms with Crippen LogP contribution in [0.3, 0.4) is 0 Å². The highest BCUT2D eigenvalue weighted by atomic mass is 79.9. The van der Waals surface area contributed by atoms with Crippen LogP contribution in [0.4, 0.5) is 5.69 Å². The quantitative estimate of drug-likeness (QED) is 0.0248. The van der Waals surface area contributed by atoms with Gasteiger partial charge < -0.3 is 24.8 Å². The van der Waals surface area contributed by atoms with Crippen LogP contribution in [0.25, 0.3) is 22.1 Å². The molecule has 9 rings (SSSR count). The fraction of sp³-hybridized carbons (Fsp3) is 0.194. The highest BCUT2D eigenvalue weighted by Crippen LogP contribution is 2.21. The highest BCUT2D eigenvalue weighted by Gasteiger charge is 2.23. The van der Waals surface area contributed by atoms with E-state index in [0.717, 1.165) is 72.3 Å². The number of nitrogens with one attached hydrogen (secondary N) is 1. The topological polar surface area (TPSA) is 219 Å². The Hall–Kier alpha value is -9.02. The van der Waals surface area contributed by atoms with Crippen LogP contribution in [-0.4, -0.2) is 67.0 Å². The Morgan fingerprint density at radius 1 is 0.628 bits per heavy atom. The fourth-order valence-corrected chi connectivity index (χ4v) is 8.30. The monoisotopic (exact) mass is 1110 g/mol. The summed E-state index contributed by atoms with van der Waals surface area (Å²) in [7, 11) is 2.59. The molecule has 0 bridgehead atoms. The number of aromatic amines is 1. The van der Waals surface area contributed by atoms with Crippen molar-refractivity contribution in [3.05, 3.63) is 249 Å². The molecule has 6 heterocycles. The van der Waals surface area contributed by atoms with E-state index in [1.54, 1.807) is 55.2 Å². The minimum absolute atomic E-state index is 0.110. The molecule has 0 fully saturated rings. The number of methoxy groups -OCH3 is 2. The Kier molecular flexibility index (Phi) is 19.5. The molecule has 15 nitrogen and oxygen atoms in total. The zero-order valence-electron chi connectivity index (χ0n) is 45.4. The Morgan fingerprint density at radius 3 is 1.71 bits per heavy atom. The number of nitrogens with zero attached hydrogens (tertiary/aromatic N) is 5. The molecule has 9 aromatic rings. The van der Waals surface area contributed by atoms with Crippen molar-refractivity contribution in [1.82, 2.24) is 29.5 Å². The summed E-state index contributed by atoms with van der Waals surface area (Å²) in [5.41, 5.74) is 19.1. The van der Waals surface area contributed by atoms with Gasteiger partial charge in [-0.1, -0.05) is 42.5 Å². The molecule has 0 aliphatic heterocycles. The van der Waals surface area contributed by atoms with Crippen molar-refractivity contribution >= 4 is 67.0 Å². The average molecular weight is 1110 g/mol. The first-order chi connectivity index (χ1) is 37.1. The van der Waals surface area contributed by atoms with Gasteiger partial charge in [-0.3, -0.25) is 38.9 Å². The van der Waals surface area contributed by atoms with Gasteiger partial charge in [0.2, 0.25) is 16.6 Å². The molecule has 0 amide bonds. The van der Waals surface area contributed by atoms with Crippen molar-refractivity contribution in [2.75, 3.05) is 20.0 Å². The zero-order chi connectivity index (χ0) is 57.0. The number of fused-ring (bicyclic) bond motifs is 2. The van der Waals surface area contributed by atoms with Crippen LogP contribution in [-0.2, 0) is 20.8 Å². The average Bonchev–Trinajstić information content (AvgIpc) is 3.54. The van der Waals surface area contributed by atoms with Gasteiger partial charge in [-0.25, -0.2) is 9.78 Å². The second kappa shape index (κ2) is 26.2. The SMILES string of the molecule is COC=C(C(=O)OC)C(=O)c1ccc(C)c(C)c1.Cc1ccc(C(=O)c2c[nH]c3c(C)ccnc3c2=O)cc1C.Cc1ccc(C(=O)c2cn(Cc3cccc(Br)n3)c3c(C)ccnc3c2=O)cc1C.Cc1ccncc1N. The lowest BCUT2D eigenvalue weighted by Crippen LogP contribution is -2.21. The maximum absolute atomic E-state index is 13.3. The number of halogens is 1. The van der Waals surface area contributed by atoms with Gasteiger partial charge in [0, 0.05) is 53.9 Å². The maximum atomic E-state index is 13.3. The number of pyridine rings is 6. The van der Waals surface area contributed by atoms with Crippen LogP contribution in [0.5, 0.6) is 0 Å². The molecular weight excluding hydrogens is 1050 g/mol. The highest BCUT2D eigenvalue weighted by molar-refractivity contribution is 9.10. The van der Waals surface area contributed by atoms with E-state index in [0.29, 0.717) is 45.3 Å². The lowest BCUT2D eigenvalue weighted by Gasteiger charge is -2.14. The summed E-state index contributed by atoms with van der Waals surface area (Å²) in [4.78, 5) is 95.0. The molecule has 0 spiro atoms. The molecule has 0 saturated carbocycles. The first-order valence-electron chi connectivity index (χ1n) is 24.6. The third kappa shape index (κ3) is 13.9. The van der Waals surface area contributed by atoms with E-state index >= 15 is 0 Å². The van der Waals surface area contributed by atoms with Gasteiger partial charge in [-0.15, -0.1) is 0 Å². The number of aryl methyl sites for hydroxylation is 9. The van der Waals surface area contributed by atoms with E-state index in [1.807, 2.05) is 134 Å². The third-order valence-corrected chi connectivity index (χ3v) is 13.4. The lowest BCUT2D eigenvalue weighted by molar-refractivity contribution is -0.135. The Morgan fingerprint density at radius 2 is 1.17 bits per heavy atom. The molecule has 0 unspecified atom stereocenters. The number of hydrogen-bond acceptors (Lipinski definition) is 13. The van der Waals surface area contributed by atoms with E-state index in [1.165, 1.54) is 20.4 Å². The number of benzene rings is 3. The number of carbonyl (C=O) groups excluding carboxylic acids is 4. The summed E-state index contributed by atoms with van der Waals surface area (Å²) in [5.74, 6) is -1.70. The summed E-state index contributed by atoms with van der Waals surface area (Å²) < 4.78 is 11.9. The first-order valence-corrected chi connectivity index (χ1v) is 25.3. The molecule has 16 heteroatoms. The van der Waals surface area contributed by atoms with Gasteiger partial charge in [0.05, 0.1) is 54.3 Å². The lowest BCUT2D eigenvalue weighted by atomic mass is 9.99. The van der Waals surface area contributed by atoms with E-state index in [2.05, 4.69) is 45.6 Å². The van der Waals surface area contributed by atoms with Gasteiger partial charge >= 0.3 is 5.97 Å². The van der Waals surface area contributed by atoms with Crippen LogP contribution in [0.15, 0.2) is 154 Å². The predicted octanol–water partition coefficient (Wildman–Crippen LogP) is 11.0. The van der Waals surface area contributed by atoms with Crippen LogP contribution in [0.1, 0.15) is 98.0 Å². The van der Waals surface area contributed by atoms with Gasteiger partial charge in [0.15, 0.2) is 11.6 Å². The van der Waals surface area contributed by atoms with Crippen molar-refractivity contribution in [3.63, 3.8) is 0 Å². The van der Waals surface area contributed by atoms with Crippen LogP contribution < -0.4 is 16.6 Å². The Labute approximate surface area is 460 Å². The molecule has 398 valence electrons. The Balaban J connectivity index is 0.000000181. The van der Waals surface area contributed by atoms with E-state index in [-0.39, 0.29) is 39.1 Å². The van der Waals surface area contributed by atoms with Crippen molar-refractivity contribution in [2.45, 2.75) is 68.9 Å². The second-order valence-electron chi connectivity index (χ2n) is 18.5. The number of H-pyrrole nitrogens is 1. The molecule has 0 aliphatic carbocycles. The van der Waals surface area contributed by atoms with Gasteiger partial charge in [0.25, 0.3) is 0 Å². The summed E-state index contributed by atoms with van der Waals surface area (Å²) in [6.45, 7) is 17.9. The molecular formula is C62H60BrN7O8. The second-order valence-corrected chi connectivity index (χ2v) is 19.3. The Bertz CT molecular complexity index is 3900. The minimum atomic E-state index is -0.708. The third-order valence-electron chi connectivity index (χ3n) is 13.0.